The molecule has 0 rings (SSSR count). The van der Waals surface area contributed by atoms with Gasteiger partial charge in [0.1, 0.15) is 0 Å². The molecule has 4 nitrogen and oxygen atoms in total. The lowest BCUT2D eigenvalue weighted by Gasteiger charge is -2.06. The monoisotopic (exact) mass is 619 g/mol. The Bertz CT molecular complexity index is 654. The Kier molecular flexibility index (Phi) is 36.3. The Morgan fingerprint density at radius 1 is 0.386 bits per heavy atom. The first kappa shape index (κ1) is 42.4. The minimum absolute atomic E-state index is 0.251. The van der Waals surface area contributed by atoms with Crippen LogP contribution in [0, 0.1) is 0 Å². The Morgan fingerprint density at radius 2 is 0.727 bits per heavy atom. The van der Waals surface area contributed by atoms with Gasteiger partial charge in [0.05, 0.1) is 6.61 Å². The molecular weight excluding hydrogens is 544 g/mol. The van der Waals surface area contributed by atoms with Crippen LogP contribution in [-0.2, 0) is 19.1 Å². The van der Waals surface area contributed by atoms with E-state index in [1.807, 2.05) is 0 Å². The van der Waals surface area contributed by atoms with Crippen LogP contribution in [0.3, 0.4) is 0 Å². The van der Waals surface area contributed by atoms with E-state index in [0.717, 1.165) is 38.5 Å². The summed E-state index contributed by atoms with van der Waals surface area (Å²) in [6.45, 7) is 4.70. The highest BCUT2D eigenvalue weighted by Gasteiger charge is 2.08. The average molecular weight is 619 g/mol. The maximum Gasteiger partial charge on any atom is 0.344 e. The minimum Gasteiger partial charge on any atom is -0.463 e. The molecule has 0 aliphatic rings. The lowest BCUT2D eigenvalue weighted by Crippen LogP contribution is -2.16. The van der Waals surface area contributed by atoms with Gasteiger partial charge >= 0.3 is 11.9 Å². The predicted molar refractivity (Wildman–Crippen MR) is 190 cm³/mol. The number of carbonyl (C=O) groups is 2. The molecule has 0 unspecified atom stereocenters. The van der Waals surface area contributed by atoms with Crippen LogP contribution in [0.15, 0.2) is 24.3 Å². The Balaban J connectivity index is 3.31. The molecule has 0 N–H and O–H groups in total. The van der Waals surface area contributed by atoms with Crippen LogP contribution in [0.4, 0.5) is 0 Å². The number of allylic oxidation sites excluding steroid dienone is 4. The third kappa shape index (κ3) is 36.6. The van der Waals surface area contributed by atoms with Crippen molar-refractivity contribution in [2.45, 2.75) is 206 Å². The maximum atomic E-state index is 11.9. The van der Waals surface area contributed by atoms with Crippen LogP contribution in [0.5, 0.6) is 0 Å². The van der Waals surface area contributed by atoms with Crippen molar-refractivity contribution in [3.63, 3.8) is 0 Å². The van der Waals surface area contributed by atoms with Crippen molar-refractivity contribution in [3.8, 4) is 0 Å². The maximum absolute atomic E-state index is 11.9. The summed E-state index contributed by atoms with van der Waals surface area (Å²) >= 11 is 0. The Hall–Kier alpha value is -1.58. The van der Waals surface area contributed by atoms with E-state index in [-0.39, 0.29) is 12.6 Å². The van der Waals surface area contributed by atoms with E-state index in [9.17, 15) is 9.59 Å². The molecule has 0 bridgehead atoms. The van der Waals surface area contributed by atoms with Gasteiger partial charge < -0.3 is 9.47 Å². The molecule has 0 aromatic carbocycles. The Morgan fingerprint density at radius 3 is 1.16 bits per heavy atom. The highest BCUT2D eigenvalue weighted by molar-refractivity contribution is 5.76. The van der Waals surface area contributed by atoms with Crippen LogP contribution in [0.2, 0.25) is 0 Å². The molecule has 0 fully saturated rings. The normalized spacial score (nSPS) is 11.6. The van der Waals surface area contributed by atoms with Crippen LogP contribution in [-0.4, -0.2) is 25.2 Å². The second-order valence-electron chi connectivity index (χ2n) is 12.9. The van der Waals surface area contributed by atoms with Crippen molar-refractivity contribution in [1.82, 2.24) is 0 Å². The van der Waals surface area contributed by atoms with E-state index in [4.69, 9.17) is 9.47 Å². The molecule has 0 saturated carbocycles. The fraction of sp³-hybridized carbons (Fsp3) is 0.850. The van der Waals surface area contributed by atoms with Gasteiger partial charge in [-0.3, -0.25) is 4.79 Å². The van der Waals surface area contributed by atoms with Gasteiger partial charge in [0.15, 0.2) is 6.61 Å². The quantitative estimate of drug-likeness (QED) is 0.0403. The standard InChI is InChI=1S/C40H74O4/c1-3-5-7-9-11-13-15-17-18-19-20-21-22-23-25-27-29-31-33-35-37-43-40(42)38-44-39(41)36-34-32-30-28-26-24-16-14-12-10-8-6-4-2/h14,16-18H,3-13,15,19-38H2,1-2H3/b16-14-,18-17-. The van der Waals surface area contributed by atoms with Crippen LogP contribution in [0.25, 0.3) is 0 Å². The van der Waals surface area contributed by atoms with Gasteiger partial charge in [0, 0.05) is 6.42 Å². The molecular formula is C40H74O4. The summed E-state index contributed by atoms with van der Waals surface area (Å²) in [5, 5.41) is 0. The average Bonchev–Trinajstić information content (AvgIpc) is 3.03. The smallest absolute Gasteiger partial charge is 0.344 e. The summed E-state index contributed by atoms with van der Waals surface area (Å²) in [5.41, 5.74) is 0. The van der Waals surface area contributed by atoms with Crippen molar-refractivity contribution in [3.05, 3.63) is 24.3 Å². The number of carbonyl (C=O) groups excluding carboxylic acids is 2. The van der Waals surface area contributed by atoms with Crippen molar-refractivity contribution in [2.75, 3.05) is 13.2 Å². The highest BCUT2D eigenvalue weighted by Crippen LogP contribution is 2.13. The third-order valence-electron chi connectivity index (χ3n) is 8.41. The molecule has 44 heavy (non-hydrogen) atoms. The van der Waals surface area contributed by atoms with Gasteiger partial charge in [-0.25, -0.2) is 4.79 Å². The number of rotatable bonds is 35. The summed E-state index contributed by atoms with van der Waals surface area (Å²) in [5.74, 6) is -0.714. The number of ether oxygens (including phenoxy) is 2. The molecule has 0 radical (unpaired) electrons. The lowest BCUT2D eigenvalue weighted by atomic mass is 10.1. The van der Waals surface area contributed by atoms with E-state index in [1.165, 1.54) is 148 Å². The zero-order valence-electron chi connectivity index (χ0n) is 29.6. The molecule has 4 heteroatoms. The van der Waals surface area contributed by atoms with E-state index in [0.29, 0.717) is 13.0 Å². The minimum atomic E-state index is -0.426. The van der Waals surface area contributed by atoms with Crippen molar-refractivity contribution >= 4 is 11.9 Å². The number of hydrogen-bond donors (Lipinski definition) is 0. The number of hydrogen-bond acceptors (Lipinski definition) is 4. The van der Waals surface area contributed by atoms with Gasteiger partial charge in [0.25, 0.3) is 0 Å². The Labute approximate surface area is 274 Å². The summed E-state index contributed by atoms with van der Waals surface area (Å²) in [4.78, 5) is 23.7. The lowest BCUT2D eigenvalue weighted by molar-refractivity contribution is -0.158. The molecule has 0 aromatic heterocycles. The molecule has 0 amide bonds. The zero-order valence-corrected chi connectivity index (χ0v) is 29.6. The molecule has 258 valence electrons. The van der Waals surface area contributed by atoms with E-state index >= 15 is 0 Å². The van der Waals surface area contributed by atoms with Gasteiger partial charge in [0.2, 0.25) is 0 Å². The van der Waals surface area contributed by atoms with Crippen molar-refractivity contribution < 1.29 is 19.1 Å². The van der Waals surface area contributed by atoms with Gasteiger partial charge in [-0.15, -0.1) is 0 Å². The second-order valence-corrected chi connectivity index (χ2v) is 12.9. The molecule has 0 aliphatic heterocycles. The van der Waals surface area contributed by atoms with E-state index < -0.39 is 5.97 Å². The topological polar surface area (TPSA) is 52.6 Å². The second kappa shape index (κ2) is 37.6. The largest absolute Gasteiger partial charge is 0.463 e. The first-order valence-corrected chi connectivity index (χ1v) is 19.3. The molecule has 0 atom stereocenters. The summed E-state index contributed by atoms with van der Waals surface area (Å²) < 4.78 is 10.3. The molecule has 0 spiro atoms. The predicted octanol–water partition coefficient (Wildman–Crippen LogP) is 12.9. The van der Waals surface area contributed by atoms with Crippen molar-refractivity contribution in [2.24, 2.45) is 0 Å². The SMILES string of the molecule is CCCCCC/C=C\CCCCCCCC(=O)OCC(=O)OCCCCCCCCCCCC/C=C\CCCCCCCC. The fourth-order valence-corrected chi connectivity index (χ4v) is 5.48. The third-order valence-corrected chi connectivity index (χ3v) is 8.41. The van der Waals surface area contributed by atoms with Gasteiger partial charge in [-0.05, 0) is 64.2 Å². The van der Waals surface area contributed by atoms with Crippen LogP contribution in [0.1, 0.15) is 206 Å². The van der Waals surface area contributed by atoms with Crippen LogP contribution < -0.4 is 0 Å². The molecule has 0 aromatic rings. The molecule has 0 aliphatic carbocycles. The van der Waals surface area contributed by atoms with E-state index in [2.05, 4.69) is 38.2 Å². The first-order valence-electron chi connectivity index (χ1n) is 19.3. The summed E-state index contributed by atoms with van der Waals surface area (Å²) in [6.07, 6.45) is 46.3. The molecule has 0 heterocycles. The van der Waals surface area contributed by atoms with Crippen molar-refractivity contribution in [1.29, 1.82) is 0 Å². The molecule has 0 saturated heterocycles. The van der Waals surface area contributed by atoms with Crippen LogP contribution >= 0.6 is 0 Å². The van der Waals surface area contributed by atoms with E-state index in [1.54, 1.807) is 0 Å². The summed E-state index contributed by atoms with van der Waals surface area (Å²) in [6, 6.07) is 0. The zero-order chi connectivity index (χ0) is 32.0. The number of unbranched alkanes of at least 4 members (excludes halogenated alkanes) is 25. The van der Waals surface area contributed by atoms with Gasteiger partial charge in [-0.2, -0.15) is 0 Å². The van der Waals surface area contributed by atoms with Gasteiger partial charge in [-0.1, -0.05) is 160 Å². The summed E-state index contributed by atoms with van der Waals surface area (Å²) in [7, 11) is 0. The number of esters is 2. The highest BCUT2D eigenvalue weighted by atomic mass is 16.6. The fourth-order valence-electron chi connectivity index (χ4n) is 5.48. The first-order chi connectivity index (χ1) is 21.7.